The summed E-state index contributed by atoms with van der Waals surface area (Å²) in [6.07, 6.45) is 0.162. The highest BCUT2D eigenvalue weighted by molar-refractivity contribution is 7.92. The fourth-order valence-electron chi connectivity index (χ4n) is 2.32. The maximum Gasteiger partial charge on any atom is 0.229 e. The zero-order valence-electron chi connectivity index (χ0n) is 12.4. The van der Waals surface area contributed by atoms with Crippen LogP contribution in [-0.2, 0) is 10.0 Å². The molecule has 118 valence electrons. The van der Waals surface area contributed by atoms with Gasteiger partial charge in [-0.2, -0.15) is 0 Å². The molecule has 2 rings (SSSR count). The van der Waals surface area contributed by atoms with Crippen LogP contribution in [0, 0.1) is 0 Å². The molecule has 0 aliphatic carbocycles. The molecular weight excluding hydrogens is 296 g/mol. The molecule has 0 saturated heterocycles. The summed E-state index contributed by atoms with van der Waals surface area (Å²) in [5.41, 5.74) is 6.00. The molecular formula is C13H20N2O5S. The number of anilines is 1. The van der Waals surface area contributed by atoms with Crippen molar-refractivity contribution in [3.63, 3.8) is 0 Å². The molecule has 21 heavy (non-hydrogen) atoms. The number of ether oxygens (including phenoxy) is 2. The van der Waals surface area contributed by atoms with Gasteiger partial charge in [-0.15, -0.1) is 0 Å². The summed E-state index contributed by atoms with van der Waals surface area (Å²) in [6.45, 7) is 3.43. The van der Waals surface area contributed by atoms with Gasteiger partial charge in [0.2, 0.25) is 10.0 Å². The maximum atomic E-state index is 11.4. The van der Waals surface area contributed by atoms with Gasteiger partial charge in [0.05, 0.1) is 25.1 Å². The van der Waals surface area contributed by atoms with Gasteiger partial charge in [-0.05, 0) is 19.9 Å². The first-order chi connectivity index (χ1) is 9.55. The normalized spacial score (nSPS) is 23.9. The zero-order valence-corrected chi connectivity index (χ0v) is 13.2. The van der Waals surface area contributed by atoms with E-state index >= 15 is 0 Å². The molecule has 8 heteroatoms. The van der Waals surface area contributed by atoms with E-state index in [0.717, 1.165) is 6.26 Å². The number of nitrogens with one attached hydrogen (secondary N) is 1. The van der Waals surface area contributed by atoms with E-state index in [1.165, 1.54) is 13.2 Å². The number of fused-ring (bicyclic) bond motifs is 1. The lowest BCUT2D eigenvalue weighted by Gasteiger charge is -2.41. The van der Waals surface area contributed by atoms with Crippen molar-refractivity contribution < 1.29 is 23.0 Å². The van der Waals surface area contributed by atoms with E-state index in [0.29, 0.717) is 17.1 Å². The van der Waals surface area contributed by atoms with Gasteiger partial charge in [-0.25, -0.2) is 8.42 Å². The van der Waals surface area contributed by atoms with Gasteiger partial charge in [0.15, 0.2) is 0 Å². The Labute approximate surface area is 124 Å². The van der Waals surface area contributed by atoms with Gasteiger partial charge in [0, 0.05) is 11.6 Å². The van der Waals surface area contributed by atoms with Crippen LogP contribution < -0.4 is 19.9 Å². The lowest BCUT2D eigenvalue weighted by Crippen LogP contribution is -2.51. The standard InChI is InChI=1S/C13H20N2O5S/c1-13(2)12(16)11(14)7-5-10(19-3)8(6-9(7)20-13)15-21(4,17)18/h5-6,11-12,15-16H,14H2,1-4H3. The predicted octanol–water partition coefficient (Wildman–Crippen LogP) is 0.598. The number of hydrogen-bond acceptors (Lipinski definition) is 6. The van der Waals surface area contributed by atoms with Gasteiger partial charge in [-0.3, -0.25) is 4.72 Å². The van der Waals surface area contributed by atoms with Gasteiger partial charge in [-0.1, -0.05) is 0 Å². The summed E-state index contributed by atoms with van der Waals surface area (Å²) in [7, 11) is -2.03. The Morgan fingerprint density at radius 1 is 1.43 bits per heavy atom. The molecule has 0 bridgehead atoms. The number of aliphatic hydroxyl groups excluding tert-OH is 1. The molecule has 1 aliphatic heterocycles. The molecule has 4 N–H and O–H groups in total. The van der Waals surface area contributed by atoms with Crippen LogP contribution in [-0.4, -0.2) is 38.6 Å². The number of methoxy groups -OCH3 is 1. The van der Waals surface area contributed by atoms with Crippen molar-refractivity contribution in [3.8, 4) is 11.5 Å². The van der Waals surface area contributed by atoms with Crippen LogP contribution in [0.4, 0.5) is 5.69 Å². The summed E-state index contributed by atoms with van der Waals surface area (Å²) in [4.78, 5) is 0. The molecule has 1 heterocycles. The number of benzene rings is 1. The summed E-state index contributed by atoms with van der Waals surface area (Å²) >= 11 is 0. The minimum Gasteiger partial charge on any atom is -0.495 e. The van der Waals surface area contributed by atoms with Crippen molar-refractivity contribution >= 4 is 15.7 Å². The van der Waals surface area contributed by atoms with Crippen LogP contribution in [0.1, 0.15) is 25.5 Å². The van der Waals surface area contributed by atoms with Crippen molar-refractivity contribution in [1.82, 2.24) is 0 Å². The van der Waals surface area contributed by atoms with Crippen molar-refractivity contribution in [2.24, 2.45) is 5.73 Å². The second kappa shape index (κ2) is 5.04. The number of aliphatic hydroxyl groups is 1. The predicted molar refractivity (Wildman–Crippen MR) is 79.1 cm³/mol. The first-order valence-corrected chi connectivity index (χ1v) is 8.26. The van der Waals surface area contributed by atoms with Crippen LogP contribution >= 0.6 is 0 Å². The molecule has 7 nitrogen and oxygen atoms in total. The SMILES string of the molecule is COc1cc2c(cc1NS(C)(=O)=O)OC(C)(C)C(O)C2N. The smallest absolute Gasteiger partial charge is 0.229 e. The lowest BCUT2D eigenvalue weighted by atomic mass is 9.87. The molecule has 2 atom stereocenters. The van der Waals surface area contributed by atoms with Gasteiger partial charge in [0.25, 0.3) is 0 Å². The fourth-order valence-corrected chi connectivity index (χ4v) is 2.88. The van der Waals surface area contributed by atoms with E-state index in [-0.39, 0.29) is 5.69 Å². The molecule has 1 aromatic rings. The molecule has 0 amide bonds. The van der Waals surface area contributed by atoms with Gasteiger partial charge < -0.3 is 20.3 Å². The number of sulfonamides is 1. The monoisotopic (exact) mass is 316 g/mol. The Hall–Kier alpha value is -1.51. The third kappa shape index (κ3) is 3.07. The molecule has 1 aliphatic rings. The lowest BCUT2D eigenvalue weighted by molar-refractivity contribution is -0.0571. The van der Waals surface area contributed by atoms with E-state index in [9.17, 15) is 13.5 Å². The average molecular weight is 316 g/mol. The van der Waals surface area contributed by atoms with Gasteiger partial charge in [0.1, 0.15) is 23.2 Å². The Morgan fingerprint density at radius 2 is 2.05 bits per heavy atom. The van der Waals surface area contributed by atoms with Crippen LogP contribution in [0.2, 0.25) is 0 Å². The quantitative estimate of drug-likeness (QED) is 0.753. The minimum atomic E-state index is -3.46. The topological polar surface area (TPSA) is 111 Å². The number of rotatable bonds is 3. The molecule has 0 radical (unpaired) electrons. The zero-order chi connectivity index (χ0) is 16.0. The van der Waals surface area contributed by atoms with E-state index in [2.05, 4.69) is 4.72 Å². The highest BCUT2D eigenvalue weighted by Crippen LogP contribution is 2.43. The first-order valence-electron chi connectivity index (χ1n) is 6.37. The number of hydrogen-bond donors (Lipinski definition) is 3. The van der Waals surface area contributed by atoms with Crippen LogP contribution in [0.5, 0.6) is 11.5 Å². The van der Waals surface area contributed by atoms with Crippen LogP contribution in [0.15, 0.2) is 12.1 Å². The van der Waals surface area contributed by atoms with Crippen molar-refractivity contribution in [2.45, 2.75) is 31.6 Å². The summed E-state index contributed by atoms with van der Waals surface area (Å²) < 4.78 is 36.1. The molecule has 0 aromatic heterocycles. The Bertz CT molecular complexity index is 657. The average Bonchev–Trinajstić information content (AvgIpc) is 2.33. The van der Waals surface area contributed by atoms with E-state index in [1.807, 2.05) is 0 Å². The molecule has 0 fully saturated rings. The maximum absolute atomic E-state index is 11.4. The fraction of sp³-hybridized carbons (Fsp3) is 0.538. The minimum absolute atomic E-state index is 0.262. The summed E-state index contributed by atoms with van der Waals surface area (Å²) in [5, 5.41) is 10.2. The van der Waals surface area contributed by atoms with E-state index in [4.69, 9.17) is 15.2 Å². The molecule has 0 spiro atoms. The van der Waals surface area contributed by atoms with E-state index < -0.39 is 27.8 Å². The molecule has 1 aromatic carbocycles. The summed E-state index contributed by atoms with van der Waals surface area (Å²) in [5.74, 6) is 0.731. The third-order valence-corrected chi connectivity index (χ3v) is 4.00. The third-order valence-electron chi connectivity index (χ3n) is 3.41. The van der Waals surface area contributed by atoms with Crippen molar-refractivity contribution in [1.29, 1.82) is 0 Å². The largest absolute Gasteiger partial charge is 0.495 e. The second-order valence-electron chi connectivity index (χ2n) is 5.64. The highest BCUT2D eigenvalue weighted by atomic mass is 32.2. The Kier molecular flexibility index (Phi) is 3.81. The second-order valence-corrected chi connectivity index (χ2v) is 7.39. The van der Waals surface area contributed by atoms with Crippen LogP contribution in [0.3, 0.4) is 0 Å². The van der Waals surface area contributed by atoms with Crippen molar-refractivity contribution in [2.75, 3.05) is 18.1 Å². The molecule has 0 saturated carbocycles. The first kappa shape index (κ1) is 15.9. The Morgan fingerprint density at radius 3 is 2.57 bits per heavy atom. The highest BCUT2D eigenvalue weighted by Gasteiger charge is 2.41. The molecule has 2 unspecified atom stereocenters. The van der Waals surface area contributed by atoms with Gasteiger partial charge >= 0.3 is 0 Å². The van der Waals surface area contributed by atoms with Crippen LogP contribution in [0.25, 0.3) is 0 Å². The number of nitrogens with two attached hydrogens (primary N) is 1. The van der Waals surface area contributed by atoms with E-state index in [1.54, 1.807) is 19.9 Å². The Balaban J connectivity index is 2.55. The summed E-state index contributed by atoms with van der Waals surface area (Å²) in [6, 6.07) is 2.44. The van der Waals surface area contributed by atoms with Crippen molar-refractivity contribution in [3.05, 3.63) is 17.7 Å².